The molecule has 1 aromatic rings. The lowest BCUT2D eigenvalue weighted by Crippen LogP contribution is -2.58. The lowest BCUT2D eigenvalue weighted by molar-refractivity contribution is -0.149. The second-order valence-electron chi connectivity index (χ2n) is 4.85. The summed E-state index contributed by atoms with van der Waals surface area (Å²) in [5.41, 5.74) is -0.259. The van der Waals surface area contributed by atoms with Gasteiger partial charge in [0.25, 0.3) is 0 Å². The molecule has 1 aliphatic rings. The van der Waals surface area contributed by atoms with Gasteiger partial charge in [0.05, 0.1) is 6.10 Å². The minimum atomic E-state index is -1.04. The van der Waals surface area contributed by atoms with Gasteiger partial charge in [0.1, 0.15) is 0 Å². The first-order valence-corrected chi connectivity index (χ1v) is 7.18. The summed E-state index contributed by atoms with van der Waals surface area (Å²) < 4.78 is 6.28. The van der Waals surface area contributed by atoms with Gasteiger partial charge in [-0.1, -0.05) is 25.0 Å². The molecule has 0 spiro atoms. The molecule has 1 saturated carbocycles. The number of carbonyl (C=O) groups is 1. The Labute approximate surface area is 121 Å². The summed E-state index contributed by atoms with van der Waals surface area (Å²) in [6.45, 7) is 0. The number of anilines is 1. The van der Waals surface area contributed by atoms with Crippen LogP contribution < -0.4 is 5.32 Å². The van der Waals surface area contributed by atoms with Gasteiger partial charge >= 0.3 is 5.97 Å². The molecular weight excluding hydrogens is 310 g/mol. The molecule has 0 amide bonds. The number of aliphatic carboxylic acids is 1. The SMILES string of the molecule is COC1CCCCC1(Nc1ccccc1Br)C(=O)O. The minimum absolute atomic E-state index is 0.314. The fourth-order valence-electron chi connectivity index (χ4n) is 2.70. The highest BCUT2D eigenvalue weighted by atomic mass is 79.9. The number of methoxy groups -OCH3 is 1. The van der Waals surface area contributed by atoms with Crippen molar-refractivity contribution in [2.75, 3.05) is 12.4 Å². The van der Waals surface area contributed by atoms with E-state index in [1.165, 1.54) is 0 Å². The summed E-state index contributed by atoms with van der Waals surface area (Å²) in [5, 5.41) is 12.9. The third kappa shape index (κ3) is 2.77. The lowest BCUT2D eigenvalue weighted by Gasteiger charge is -2.41. The van der Waals surface area contributed by atoms with Crippen LogP contribution >= 0.6 is 15.9 Å². The topological polar surface area (TPSA) is 58.6 Å². The molecule has 4 nitrogen and oxygen atoms in total. The zero-order valence-electron chi connectivity index (χ0n) is 10.9. The molecule has 2 unspecified atom stereocenters. The molecule has 19 heavy (non-hydrogen) atoms. The van der Waals surface area contributed by atoms with E-state index >= 15 is 0 Å². The van der Waals surface area contributed by atoms with E-state index in [9.17, 15) is 9.90 Å². The number of benzene rings is 1. The first kappa shape index (κ1) is 14.3. The molecule has 2 N–H and O–H groups in total. The van der Waals surface area contributed by atoms with Crippen molar-refractivity contribution >= 4 is 27.6 Å². The van der Waals surface area contributed by atoms with Crippen molar-refractivity contribution in [3.8, 4) is 0 Å². The van der Waals surface area contributed by atoms with E-state index < -0.39 is 11.5 Å². The average molecular weight is 328 g/mol. The number of carboxylic acids is 1. The van der Waals surface area contributed by atoms with Gasteiger partial charge < -0.3 is 15.2 Å². The first-order valence-electron chi connectivity index (χ1n) is 6.39. The van der Waals surface area contributed by atoms with Crippen LogP contribution in [0.25, 0.3) is 0 Å². The van der Waals surface area contributed by atoms with E-state index in [2.05, 4.69) is 21.2 Å². The van der Waals surface area contributed by atoms with Crippen LogP contribution in [0.5, 0.6) is 0 Å². The predicted octanol–water partition coefficient (Wildman–Crippen LogP) is 3.27. The van der Waals surface area contributed by atoms with Gasteiger partial charge in [0, 0.05) is 17.3 Å². The highest BCUT2D eigenvalue weighted by Gasteiger charge is 2.48. The van der Waals surface area contributed by atoms with Gasteiger partial charge in [-0.05, 0) is 40.9 Å². The zero-order chi connectivity index (χ0) is 13.9. The Bertz CT molecular complexity index is 466. The zero-order valence-corrected chi connectivity index (χ0v) is 12.4. The molecule has 0 aromatic heterocycles. The Morgan fingerprint density at radius 3 is 2.84 bits per heavy atom. The maximum Gasteiger partial charge on any atom is 0.332 e. The molecule has 5 heteroatoms. The van der Waals surface area contributed by atoms with Gasteiger partial charge in [-0.25, -0.2) is 4.79 Å². The van der Waals surface area contributed by atoms with Crippen molar-refractivity contribution in [2.45, 2.75) is 37.3 Å². The quantitative estimate of drug-likeness (QED) is 0.891. The van der Waals surface area contributed by atoms with Crippen LogP contribution in [0.2, 0.25) is 0 Å². The van der Waals surface area contributed by atoms with E-state index in [1.807, 2.05) is 24.3 Å². The molecule has 0 heterocycles. The lowest BCUT2D eigenvalue weighted by atomic mass is 9.78. The van der Waals surface area contributed by atoms with Crippen LogP contribution in [-0.2, 0) is 9.53 Å². The molecular formula is C14H18BrNO3. The molecule has 0 aliphatic heterocycles. The number of para-hydroxylation sites is 1. The van der Waals surface area contributed by atoms with E-state index in [-0.39, 0.29) is 6.10 Å². The van der Waals surface area contributed by atoms with Crippen molar-refractivity contribution in [1.29, 1.82) is 0 Å². The maximum absolute atomic E-state index is 11.8. The van der Waals surface area contributed by atoms with E-state index in [0.717, 1.165) is 29.4 Å². The summed E-state index contributed by atoms with van der Waals surface area (Å²) in [6.07, 6.45) is 2.92. The highest BCUT2D eigenvalue weighted by molar-refractivity contribution is 9.10. The Kier molecular flexibility index (Phi) is 4.47. The molecule has 1 aliphatic carbocycles. The Balaban J connectivity index is 2.34. The van der Waals surface area contributed by atoms with Crippen LogP contribution in [0.15, 0.2) is 28.7 Å². The van der Waals surface area contributed by atoms with Crippen LogP contribution in [0, 0.1) is 0 Å². The summed E-state index contributed by atoms with van der Waals surface area (Å²) in [5.74, 6) is -0.852. The third-order valence-corrected chi connectivity index (χ3v) is 4.43. The van der Waals surface area contributed by atoms with E-state index in [0.29, 0.717) is 6.42 Å². The van der Waals surface area contributed by atoms with Crippen molar-refractivity contribution < 1.29 is 14.6 Å². The molecule has 0 saturated heterocycles. The largest absolute Gasteiger partial charge is 0.479 e. The van der Waals surface area contributed by atoms with E-state index in [4.69, 9.17) is 4.74 Å². The minimum Gasteiger partial charge on any atom is -0.479 e. The number of carboxylic acid groups (broad SMARTS) is 1. The van der Waals surface area contributed by atoms with Gasteiger partial charge in [-0.2, -0.15) is 0 Å². The molecule has 0 bridgehead atoms. The predicted molar refractivity (Wildman–Crippen MR) is 77.4 cm³/mol. The van der Waals surface area contributed by atoms with Crippen LogP contribution in [0.4, 0.5) is 5.69 Å². The Hall–Kier alpha value is -1.07. The Morgan fingerprint density at radius 2 is 2.21 bits per heavy atom. The summed E-state index contributed by atoms with van der Waals surface area (Å²) >= 11 is 3.44. The van der Waals surface area contributed by atoms with Gasteiger partial charge in [-0.15, -0.1) is 0 Å². The number of ether oxygens (including phenoxy) is 1. The maximum atomic E-state index is 11.8. The normalized spacial score (nSPS) is 26.9. The molecule has 104 valence electrons. The number of nitrogens with one attached hydrogen (secondary N) is 1. The van der Waals surface area contributed by atoms with Crippen molar-refractivity contribution in [3.63, 3.8) is 0 Å². The van der Waals surface area contributed by atoms with Gasteiger partial charge in [0.15, 0.2) is 5.54 Å². The second-order valence-corrected chi connectivity index (χ2v) is 5.71. The van der Waals surface area contributed by atoms with Gasteiger partial charge in [0.2, 0.25) is 0 Å². The van der Waals surface area contributed by atoms with Crippen molar-refractivity contribution in [2.24, 2.45) is 0 Å². The smallest absolute Gasteiger partial charge is 0.332 e. The summed E-state index contributed by atoms with van der Waals surface area (Å²) in [7, 11) is 1.58. The number of hydrogen-bond acceptors (Lipinski definition) is 3. The third-order valence-electron chi connectivity index (χ3n) is 3.73. The van der Waals surface area contributed by atoms with Crippen molar-refractivity contribution in [3.05, 3.63) is 28.7 Å². The first-order chi connectivity index (χ1) is 9.10. The fourth-order valence-corrected chi connectivity index (χ4v) is 3.09. The Morgan fingerprint density at radius 1 is 1.47 bits per heavy atom. The monoisotopic (exact) mass is 327 g/mol. The molecule has 2 rings (SSSR count). The van der Waals surface area contributed by atoms with Crippen LogP contribution in [0.3, 0.4) is 0 Å². The molecule has 1 aromatic carbocycles. The average Bonchev–Trinajstić information content (AvgIpc) is 2.41. The molecule has 0 radical (unpaired) electrons. The standard InChI is InChI=1S/C14H18BrNO3/c1-19-12-8-4-5-9-14(12,13(17)18)16-11-7-3-2-6-10(11)15/h2-3,6-7,12,16H,4-5,8-9H2,1H3,(H,17,18). The fraction of sp³-hybridized carbons (Fsp3) is 0.500. The summed E-state index contributed by atoms with van der Waals surface area (Å²) in [6, 6.07) is 7.54. The summed E-state index contributed by atoms with van der Waals surface area (Å²) in [4.78, 5) is 11.8. The second kappa shape index (κ2) is 5.92. The number of rotatable bonds is 4. The van der Waals surface area contributed by atoms with Crippen LogP contribution in [-0.4, -0.2) is 29.8 Å². The number of hydrogen-bond donors (Lipinski definition) is 2. The highest BCUT2D eigenvalue weighted by Crippen LogP contribution is 2.36. The number of halogens is 1. The van der Waals surface area contributed by atoms with Gasteiger partial charge in [-0.3, -0.25) is 0 Å². The molecule has 2 atom stereocenters. The van der Waals surface area contributed by atoms with Crippen molar-refractivity contribution in [1.82, 2.24) is 0 Å². The van der Waals surface area contributed by atoms with Crippen LogP contribution in [0.1, 0.15) is 25.7 Å². The molecule has 1 fully saturated rings. The van der Waals surface area contributed by atoms with E-state index in [1.54, 1.807) is 7.11 Å².